The molecular weight excluding hydrogens is 298 g/mol. The van der Waals surface area contributed by atoms with Crippen LogP contribution in [0.5, 0.6) is 0 Å². The average Bonchev–Trinajstić information content (AvgIpc) is 3.16. The average molecular weight is 313 g/mol. The van der Waals surface area contributed by atoms with Crippen molar-refractivity contribution in [2.45, 2.75) is 20.4 Å². The lowest BCUT2D eigenvalue weighted by atomic mass is 10.1. The molecule has 3 aromatic rings. The minimum Gasteiger partial charge on any atom is -0.463 e. The van der Waals surface area contributed by atoms with Crippen LogP contribution in [0, 0.1) is 13.8 Å². The summed E-state index contributed by atoms with van der Waals surface area (Å²) in [6.45, 7) is 4.17. The maximum atomic E-state index is 12.2. The van der Waals surface area contributed by atoms with Gasteiger partial charge in [-0.15, -0.1) is 11.3 Å². The summed E-state index contributed by atoms with van der Waals surface area (Å²) >= 11 is 1.57. The Labute approximate surface area is 132 Å². The van der Waals surface area contributed by atoms with E-state index in [1.165, 1.54) is 0 Å². The first kappa shape index (κ1) is 14.5. The van der Waals surface area contributed by atoms with Gasteiger partial charge in [-0.25, -0.2) is 9.97 Å². The Morgan fingerprint density at radius 1 is 1.27 bits per heavy atom. The summed E-state index contributed by atoms with van der Waals surface area (Å²) in [6, 6.07) is 7.20. The smallest absolute Gasteiger partial charge is 0.253 e. The summed E-state index contributed by atoms with van der Waals surface area (Å²) in [5, 5.41) is 5.80. The third kappa shape index (κ3) is 3.07. The van der Waals surface area contributed by atoms with Gasteiger partial charge in [0.05, 0.1) is 34.8 Å². The third-order valence-corrected chi connectivity index (χ3v) is 4.02. The van der Waals surface area contributed by atoms with Gasteiger partial charge in [0, 0.05) is 5.38 Å². The standard InChI is InChI=1S/C16H15N3O2S/c1-10-13(5-6-14(18-10)15-4-3-7-21-15)16(20)17-8-12-9-22-11(2)19-12/h3-7,9H,8H2,1-2H3,(H,17,20). The lowest BCUT2D eigenvalue weighted by molar-refractivity contribution is 0.0949. The summed E-state index contributed by atoms with van der Waals surface area (Å²) < 4.78 is 5.31. The van der Waals surface area contributed by atoms with Crippen LogP contribution >= 0.6 is 11.3 Å². The van der Waals surface area contributed by atoms with Crippen LogP contribution in [0.1, 0.15) is 26.8 Å². The number of pyridine rings is 1. The van der Waals surface area contributed by atoms with Crippen molar-refractivity contribution >= 4 is 17.2 Å². The molecule has 3 heterocycles. The maximum Gasteiger partial charge on any atom is 0.253 e. The number of aromatic nitrogens is 2. The molecule has 0 saturated carbocycles. The second kappa shape index (κ2) is 6.11. The fourth-order valence-electron chi connectivity index (χ4n) is 2.12. The molecule has 112 valence electrons. The summed E-state index contributed by atoms with van der Waals surface area (Å²) in [6.07, 6.45) is 1.60. The number of thiazole rings is 1. The Bertz CT molecular complexity index is 794. The largest absolute Gasteiger partial charge is 0.463 e. The van der Waals surface area contributed by atoms with E-state index in [0.29, 0.717) is 29.3 Å². The lowest BCUT2D eigenvalue weighted by Crippen LogP contribution is -2.24. The second-order valence-corrected chi connectivity index (χ2v) is 5.91. The third-order valence-electron chi connectivity index (χ3n) is 3.20. The molecule has 5 nitrogen and oxygen atoms in total. The molecule has 3 aromatic heterocycles. The van der Waals surface area contributed by atoms with E-state index in [1.54, 1.807) is 29.7 Å². The van der Waals surface area contributed by atoms with Crippen LogP contribution in [0.3, 0.4) is 0 Å². The van der Waals surface area contributed by atoms with Crippen molar-refractivity contribution in [3.05, 3.63) is 57.9 Å². The predicted octanol–water partition coefficient (Wildman–Crippen LogP) is 3.34. The highest BCUT2D eigenvalue weighted by atomic mass is 32.1. The number of carbonyl (C=O) groups excluding carboxylic acids is 1. The first-order chi connectivity index (χ1) is 10.6. The Kier molecular flexibility index (Phi) is 4.02. The Balaban J connectivity index is 1.72. The summed E-state index contributed by atoms with van der Waals surface area (Å²) in [4.78, 5) is 21.0. The molecule has 0 spiro atoms. The van der Waals surface area contributed by atoms with E-state index >= 15 is 0 Å². The highest BCUT2D eigenvalue weighted by Gasteiger charge is 2.12. The van der Waals surface area contributed by atoms with Crippen LogP contribution in [-0.4, -0.2) is 15.9 Å². The van der Waals surface area contributed by atoms with E-state index in [-0.39, 0.29) is 5.91 Å². The summed E-state index contributed by atoms with van der Waals surface area (Å²) in [5.74, 6) is 0.537. The van der Waals surface area contributed by atoms with Gasteiger partial charge in [-0.3, -0.25) is 4.79 Å². The SMILES string of the molecule is Cc1nc(CNC(=O)c2ccc(-c3ccco3)nc2C)cs1. The number of nitrogens with one attached hydrogen (secondary N) is 1. The van der Waals surface area contributed by atoms with Crippen molar-refractivity contribution in [2.75, 3.05) is 0 Å². The van der Waals surface area contributed by atoms with Gasteiger partial charge >= 0.3 is 0 Å². The molecule has 0 aromatic carbocycles. The predicted molar refractivity (Wildman–Crippen MR) is 84.7 cm³/mol. The van der Waals surface area contributed by atoms with E-state index in [1.807, 2.05) is 31.4 Å². The van der Waals surface area contributed by atoms with E-state index in [2.05, 4.69) is 15.3 Å². The molecule has 3 rings (SSSR count). The fourth-order valence-corrected chi connectivity index (χ4v) is 2.73. The molecule has 0 atom stereocenters. The molecular formula is C16H15N3O2S. The summed E-state index contributed by atoms with van der Waals surface area (Å²) in [5.41, 5.74) is 2.81. The topological polar surface area (TPSA) is 68.0 Å². The van der Waals surface area contributed by atoms with Crippen molar-refractivity contribution in [3.8, 4) is 11.5 Å². The molecule has 0 bridgehead atoms. The zero-order valence-electron chi connectivity index (χ0n) is 12.3. The minimum absolute atomic E-state index is 0.151. The quantitative estimate of drug-likeness (QED) is 0.802. The van der Waals surface area contributed by atoms with E-state index in [4.69, 9.17) is 4.42 Å². The number of carbonyl (C=O) groups is 1. The molecule has 1 amide bonds. The van der Waals surface area contributed by atoms with Crippen LogP contribution in [0.15, 0.2) is 40.3 Å². The first-order valence-corrected chi connectivity index (χ1v) is 7.72. The van der Waals surface area contributed by atoms with E-state index in [9.17, 15) is 4.79 Å². The molecule has 0 aliphatic heterocycles. The zero-order valence-corrected chi connectivity index (χ0v) is 13.1. The minimum atomic E-state index is -0.151. The van der Waals surface area contributed by atoms with Crippen LogP contribution in [-0.2, 0) is 6.54 Å². The molecule has 0 aliphatic carbocycles. The molecule has 1 N–H and O–H groups in total. The van der Waals surface area contributed by atoms with E-state index in [0.717, 1.165) is 10.7 Å². The van der Waals surface area contributed by atoms with Gasteiger partial charge in [0.15, 0.2) is 5.76 Å². The number of aryl methyl sites for hydroxylation is 2. The van der Waals surface area contributed by atoms with Gasteiger partial charge in [0.1, 0.15) is 5.69 Å². The van der Waals surface area contributed by atoms with Crippen molar-refractivity contribution in [1.82, 2.24) is 15.3 Å². The highest BCUT2D eigenvalue weighted by molar-refractivity contribution is 7.09. The van der Waals surface area contributed by atoms with Crippen molar-refractivity contribution in [2.24, 2.45) is 0 Å². The molecule has 6 heteroatoms. The fraction of sp³-hybridized carbons (Fsp3) is 0.188. The van der Waals surface area contributed by atoms with Gasteiger partial charge in [-0.2, -0.15) is 0 Å². The molecule has 0 radical (unpaired) electrons. The van der Waals surface area contributed by atoms with Crippen LogP contribution in [0.2, 0.25) is 0 Å². The maximum absolute atomic E-state index is 12.2. The molecule has 0 unspecified atom stereocenters. The monoisotopic (exact) mass is 313 g/mol. The first-order valence-electron chi connectivity index (χ1n) is 6.84. The van der Waals surface area contributed by atoms with Crippen molar-refractivity contribution < 1.29 is 9.21 Å². The van der Waals surface area contributed by atoms with Crippen LogP contribution in [0.25, 0.3) is 11.5 Å². The van der Waals surface area contributed by atoms with Gasteiger partial charge < -0.3 is 9.73 Å². The number of rotatable bonds is 4. The normalized spacial score (nSPS) is 10.6. The zero-order chi connectivity index (χ0) is 15.5. The van der Waals surface area contributed by atoms with Gasteiger partial charge in [0.2, 0.25) is 0 Å². The number of furan rings is 1. The number of amides is 1. The Morgan fingerprint density at radius 3 is 2.77 bits per heavy atom. The van der Waals surface area contributed by atoms with Crippen molar-refractivity contribution in [1.29, 1.82) is 0 Å². The van der Waals surface area contributed by atoms with Gasteiger partial charge in [-0.1, -0.05) is 0 Å². The molecule has 0 fully saturated rings. The summed E-state index contributed by atoms with van der Waals surface area (Å²) in [7, 11) is 0. The highest BCUT2D eigenvalue weighted by Crippen LogP contribution is 2.19. The molecule has 0 saturated heterocycles. The van der Waals surface area contributed by atoms with Crippen LogP contribution in [0.4, 0.5) is 0 Å². The lowest BCUT2D eigenvalue weighted by Gasteiger charge is -2.07. The number of hydrogen-bond acceptors (Lipinski definition) is 5. The van der Waals surface area contributed by atoms with E-state index < -0.39 is 0 Å². The van der Waals surface area contributed by atoms with Gasteiger partial charge in [-0.05, 0) is 38.1 Å². The van der Waals surface area contributed by atoms with Crippen LogP contribution < -0.4 is 5.32 Å². The molecule has 22 heavy (non-hydrogen) atoms. The van der Waals surface area contributed by atoms with Crippen molar-refractivity contribution in [3.63, 3.8) is 0 Å². The number of nitrogens with zero attached hydrogens (tertiary/aromatic N) is 2. The second-order valence-electron chi connectivity index (χ2n) is 4.85. The Hall–Kier alpha value is -2.47. The molecule has 0 aliphatic rings. The Morgan fingerprint density at radius 2 is 2.14 bits per heavy atom. The number of hydrogen-bond donors (Lipinski definition) is 1. The van der Waals surface area contributed by atoms with Gasteiger partial charge in [0.25, 0.3) is 5.91 Å².